The second-order valence-corrected chi connectivity index (χ2v) is 5.27. The molecule has 1 atom stereocenters. The Labute approximate surface area is 126 Å². The summed E-state index contributed by atoms with van der Waals surface area (Å²) in [4.78, 5) is 3.82. The van der Waals surface area contributed by atoms with Gasteiger partial charge in [0, 0.05) is 24.5 Å². The predicted octanol–water partition coefficient (Wildman–Crippen LogP) is 3.70. The van der Waals surface area contributed by atoms with Crippen molar-refractivity contribution in [1.82, 2.24) is 4.98 Å². The number of nitrogens with zero attached hydrogens (tertiary/aromatic N) is 1. The molecule has 1 aliphatic rings. The van der Waals surface area contributed by atoms with Crippen LogP contribution < -0.4 is 5.32 Å². The van der Waals surface area contributed by atoms with Gasteiger partial charge in [-0.15, -0.1) is 0 Å². The van der Waals surface area contributed by atoms with Gasteiger partial charge in [-0.05, 0) is 41.0 Å². The molecule has 2 aromatic rings. The molecule has 0 radical (unpaired) electrons. The van der Waals surface area contributed by atoms with Gasteiger partial charge < -0.3 is 10.1 Å². The third kappa shape index (κ3) is 3.39. The number of halogens is 3. The Morgan fingerprint density at radius 2 is 1.82 bits per heavy atom. The summed E-state index contributed by atoms with van der Waals surface area (Å²) in [6.07, 6.45) is -1.48. The highest BCUT2D eigenvalue weighted by molar-refractivity contribution is 5.50. The van der Waals surface area contributed by atoms with Crippen molar-refractivity contribution in [2.45, 2.75) is 31.9 Å². The molecule has 0 amide bonds. The van der Waals surface area contributed by atoms with Crippen molar-refractivity contribution in [3.8, 4) is 0 Å². The van der Waals surface area contributed by atoms with Crippen molar-refractivity contribution < 1.29 is 17.9 Å². The van der Waals surface area contributed by atoms with Gasteiger partial charge in [-0.2, -0.15) is 13.2 Å². The molecule has 0 saturated carbocycles. The first-order valence-corrected chi connectivity index (χ1v) is 6.94. The molecule has 0 spiro atoms. The molecule has 0 saturated heterocycles. The summed E-state index contributed by atoms with van der Waals surface area (Å²) in [5.41, 5.74) is 3.02. The molecule has 6 heteroatoms. The Kier molecular flexibility index (Phi) is 4.02. The number of pyridine rings is 1. The fourth-order valence-corrected chi connectivity index (χ4v) is 2.47. The van der Waals surface area contributed by atoms with E-state index in [1.807, 2.05) is 6.07 Å². The minimum absolute atomic E-state index is 0.139. The summed E-state index contributed by atoms with van der Waals surface area (Å²) < 4.78 is 45.1. The molecular weight excluding hydrogens is 293 g/mol. The van der Waals surface area contributed by atoms with Gasteiger partial charge in [-0.1, -0.05) is 6.07 Å². The van der Waals surface area contributed by atoms with Crippen LogP contribution >= 0.6 is 0 Å². The second kappa shape index (κ2) is 5.96. The van der Waals surface area contributed by atoms with Gasteiger partial charge in [0.15, 0.2) is 0 Å². The number of nitrogens with one attached hydrogen (secondary N) is 1. The molecule has 0 fully saturated rings. The van der Waals surface area contributed by atoms with Crippen LogP contribution in [0, 0.1) is 0 Å². The maximum Gasteiger partial charge on any atom is 0.408 e. The summed E-state index contributed by atoms with van der Waals surface area (Å²) >= 11 is 0. The van der Waals surface area contributed by atoms with E-state index >= 15 is 0 Å². The van der Waals surface area contributed by atoms with E-state index in [1.165, 1.54) is 12.4 Å². The second-order valence-electron chi connectivity index (χ2n) is 5.27. The largest absolute Gasteiger partial charge is 0.408 e. The van der Waals surface area contributed by atoms with Crippen molar-refractivity contribution in [2.75, 3.05) is 5.32 Å². The molecular formula is C16H15F3N2O. The van der Waals surface area contributed by atoms with E-state index in [2.05, 4.69) is 10.3 Å². The van der Waals surface area contributed by atoms with Crippen LogP contribution in [0.2, 0.25) is 0 Å². The monoisotopic (exact) mass is 308 g/mol. The van der Waals surface area contributed by atoms with E-state index < -0.39 is 12.2 Å². The Balaban J connectivity index is 1.78. The number of ether oxygens (including phenoxy) is 1. The van der Waals surface area contributed by atoms with Crippen molar-refractivity contribution in [2.24, 2.45) is 0 Å². The molecule has 3 nitrogen and oxygen atoms in total. The van der Waals surface area contributed by atoms with Gasteiger partial charge in [0.1, 0.15) is 6.04 Å². The van der Waals surface area contributed by atoms with E-state index in [0.29, 0.717) is 24.5 Å². The Morgan fingerprint density at radius 3 is 2.55 bits per heavy atom. The van der Waals surface area contributed by atoms with Gasteiger partial charge >= 0.3 is 6.18 Å². The van der Waals surface area contributed by atoms with Crippen molar-refractivity contribution >= 4 is 5.69 Å². The van der Waals surface area contributed by atoms with E-state index in [1.54, 1.807) is 24.3 Å². The molecule has 0 bridgehead atoms. The number of rotatable bonds is 4. The topological polar surface area (TPSA) is 34.2 Å². The summed E-state index contributed by atoms with van der Waals surface area (Å²) in [5, 5.41) is 2.60. The number of hydrogen-bond donors (Lipinski definition) is 1. The van der Waals surface area contributed by atoms with Crippen LogP contribution in [0.25, 0.3) is 0 Å². The lowest BCUT2D eigenvalue weighted by molar-refractivity contribution is -0.142. The van der Waals surface area contributed by atoms with Gasteiger partial charge in [0.2, 0.25) is 0 Å². The Morgan fingerprint density at radius 1 is 1.09 bits per heavy atom. The van der Waals surface area contributed by atoms with Gasteiger partial charge in [0.25, 0.3) is 0 Å². The van der Waals surface area contributed by atoms with E-state index in [4.69, 9.17) is 4.74 Å². The molecule has 1 aromatic carbocycles. The minimum Gasteiger partial charge on any atom is -0.374 e. The normalized spacial score (nSPS) is 15.4. The number of benzene rings is 1. The number of aromatic nitrogens is 1. The Hall–Kier alpha value is -2.08. The van der Waals surface area contributed by atoms with Crippen molar-refractivity contribution in [3.05, 3.63) is 59.4 Å². The van der Waals surface area contributed by atoms with E-state index in [0.717, 1.165) is 11.1 Å². The van der Waals surface area contributed by atoms with Gasteiger partial charge in [-0.3, -0.25) is 4.98 Å². The molecule has 116 valence electrons. The van der Waals surface area contributed by atoms with Crippen LogP contribution in [-0.2, 0) is 24.4 Å². The van der Waals surface area contributed by atoms with Crippen LogP contribution in [0.15, 0.2) is 42.7 Å². The molecule has 1 N–H and O–H groups in total. The average molecular weight is 308 g/mol. The molecule has 0 aliphatic carbocycles. The molecule has 22 heavy (non-hydrogen) atoms. The smallest absolute Gasteiger partial charge is 0.374 e. The lowest BCUT2D eigenvalue weighted by atomic mass is 10.1. The standard InChI is InChI=1S/C16H15F3N2O/c17-16(18,19)15(7-11-3-5-20-6-4-11)21-14-2-1-12-9-22-10-13(12)8-14/h1-6,8,15,21H,7,9-10H2/t15-/m1/s1. The van der Waals surface area contributed by atoms with Crippen molar-refractivity contribution in [3.63, 3.8) is 0 Å². The summed E-state index contributed by atoms with van der Waals surface area (Å²) in [7, 11) is 0. The molecule has 3 rings (SSSR count). The highest BCUT2D eigenvalue weighted by atomic mass is 19.4. The van der Waals surface area contributed by atoms with Crippen LogP contribution in [0.1, 0.15) is 16.7 Å². The third-order valence-electron chi connectivity index (χ3n) is 3.65. The summed E-state index contributed by atoms with van der Waals surface area (Å²) in [6, 6.07) is 6.75. The van der Waals surface area contributed by atoms with Crippen molar-refractivity contribution in [1.29, 1.82) is 0 Å². The van der Waals surface area contributed by atoms with Crippen LogP contribution in [0.5, 0.6) is 0 Å². The highest BCUT2D eigenvalue weighted by Crippen LogP contribution is 2.29. The molecule has 2 heterocycles. The number of fused-ring (bicyclic) bond motifs is 1. The molecule has 0 unspecified atom stereocenters. The zero-order valence-corrected chi connectivity index (χ0v) is 11.7. The lowest BCUT2D eigenvalue weighted by Gasteiger charge is -2.23. The van der Waals surface area contributed by atoms with E-state index in [9.17, 15) is 13.2 Å². The van der Waals surface area contributed by atoms with Gasteiger partial charge in [0.05, 0.1) is 13.2 Å². The predicted molar refractivity (Wildman–Crippen MR) is 76.3 cm³/mol. The SMILES string of the molecule is FC(F)(F)[C@@H](Cc1ccncc1)Nc1ccc2c(c1)COC2. The zero-order chi connectivity index (χ0) is 15.6. The number of alkyl halides is 3. The first-order chi connectivity index (χ1) is 10.5. The van der Waals surface area contributed by atoms with E-state index in [-0.39, 0.29) is 6.42 Å². The zero-order valence-electron chi connectivity index (χ0n) is 11.7. The fraction of sp³-hybridized carbons (Fsp3) is 0.312. The molecule has 1 aliphatic heterocycles. The van der Waals surface area contributed by atoms with Crippen LogP contribution in [0.3, 0.4) is 0 Å². The third-order valence-corrected chi connectivity index (χ3v) is 3.65. The first-order valence-electron chi connectivity index (χ1n) is 6.94. The lowest BCUT2D eigenvalue weighted by Crippen LogP contribution is -2.38. The fourth-order valence-electron chi connectivity index (χ4n) is 2.47. The first kappa shape index (κ1) is 14.8. The summed E-state index contributed by atoms with van der Waals surface area (Å²) in [5.74, 6) is 0. The highest BCUT2D eigenvalue weighted by Gasteiger charge is 2.39. The van der Waals surface area contributed by atoms with Gasteiger partial charge in [-0.25, -0.2) is 0 Å². The summed E-state index contributed by atoms with van der Waals surface area (Å²) in [6.45, 7) is 0.973. The average Bonchev–Trinajstić information content (AvgIpc) is 2.94. The van der Waals surface area contributed by atoms with Crippen LogP contribution in [-0.4, -0.2) is 17.2 Å². The quantitative estimate of drug-likeness (QED) is 0.935. The minimum atomic E-state index is -4.33. The van der Waals surface area contributed by atoms with Crippen LogP contribution in [0.4, 0.5) is 18.9 Å². The maximum atomic E-state index is 13.3. The number of anilines is 1. The number of hydrogen-bond acceptors (Lipinski definition) is 3. The maximum absolute atomic E-state index is 13.3. The Bertz CT molecular complexity index is 644. The molecule has 1 aromatic heterocycles.